The van der Waals surface area contributed by atoms with Crippen LogP contribution in [-0.4, -0.2) is 25.7 Å². The molecule has 0 radical (unpaired) electrons. The quantitative estimate of drug-likeness (QED) is 0.554. The van der Waals surface area contributed by atoms with Gasteiger partial charge in [-0.25, -0.2) is 19.0 Å². The molecule has 0 aliphatic carbocycles. The molecule has 1 amide bonds. The summed E-state index contributed by atoms with van der Waals surface area (Å²) in [6, 6.07) is 11.1. The van der Waals surface area contributed by atoms with Gasteiger partial charge in [-0.3, -0.25) is 4.79 Å². The molecular formula is C22H17FN6O. The molecule has 0 aliphatic heterocycles. The lowest BCUT2D eigenvalue weighted by atomic mass is 10.1. The van der Waals surface area contributed by atoms with Gasteiger partial charge in [0.2, 0.25) is 0 Å². The van der Waals surface area contributed by atoms with Crippen LogP contribution in [0.25, 0.3) is 16.7 Å². The molecule has 0 aliphatic rings. The Labute approximate surface area is 171 Å². The number of fused-ring (bicyclic) bond motifs is 1. The normalized spacial score (nSPS) is 10.9. The topological polar surface area (TPSA) is 96.5 Å². The molecule has 0 spiro atoms. The molecule has 0 bridgehead atoms. The number of benzene rings is 1. The van der Waals surface area contributed by atoms with Crippen molar-refractivity contribution < 1.29 is 9.18 Å². The zero-order chi connectivity index (χ0) is 21.3. The van der Waals surface area contributed by atoms with E-state index in [4.69, 9.17) is 5.26 Å². The van der Waals surface area contributed by atoms with Crippen LogP contribution in [0.15, 0.2) is 55.0 Å². The molecule has 7 nitrogen and oxygen atoms in total. The van der Waals surface area contributed by atoms with E-state index < -0.39 is 11.7 Å². The van der Waals surface area contributed by atoms with Crippen molar-refractivity contribution in [1.29, 1.82) is 5.26 Å². The molecule has 3 heterocycles. The second-order valence-electron chi connectivity index (χ2n) is 7.07. The van der Waals surface area contributed by atoms with Gasteiger partial charge in [-0.05, 0) is 47.9 Å². The minimum Gasteiger partial charge on any atom is -0.321 e. The number of amides is 1. The summed E-state index contributed by atoms with van der Waals surface area (Å²) in [6.45, 7) is 4.14. The Morgan fingerprint density at radius 1 is 1.17 bits per heavy atom. The Morgan fingerprint density at radius 2 is 2.00 bits per heavy atom. The molecule has 0 fully saturated rings. The molecule has 4 rings (SSSR count). The molecule has 8 heteroatoms. The summed E-state index contributed by atoms with van der Waals surface area (Å²) in [7, 11) is 0. The summed E-state index contributed by atoms with van der Waals surface area (Å²) in [5.74, 6) is -0.635. The number of hydrogen-bond acceptors (Lipinski definition) is 5. The summed E-state index contributed by atoms with van der Waals surface area (Å²) in [5, 5.41) is 16.7. The summed E-state index contributed by atoms with van der Waals surface area (Å²) in [4.78, 5) is 20.7. The van der Waals surface area contributed by atoms with Crippen LogP contribution in [0.2, 0.25) is 0 Å². The minimum atomic E-state index is -0.485. The van der Waals surface area contributed by atoms with Crippen molar-refractivity contribution in [2.24, 2.45) is 0 Å². The minimum absolute atomic E-state index is 0.148. The van der Waals surface area contributed by atoms with Crippen LogP contribution in [0, 0.1) is 17.1 Å². The van der Waals surface area contributed by atoms with E-state index in [1.165, 1.54) is 41.2 Å². The lowest BCUT2D eigenvalue weighted by Crippen LogP contribution is -2.14. The number of aromatic nitrogens is 4. The first-order chi connectivity index (χ1) is 14.4. The number of hydrogen-bond donors (Lipinski definition) is 1. The van der Waals surface area contributed by atoms with Gasteiger partial charge >= 0.3 is 0 Å². The molecular weight excluding hydrogens is 383 g/mol. The maximum atomic E-state index is 14.5. The van der Waals surface area contributed by atoms with Crippen molar-refractivity contribution in [3.63, 3.8) is 0 Å². The largest absolute Gasteiger partial charge is 0.321 e. The number of anilines is 1. The monoisotopic (exact) mass is 400 g/mol. The van der Waals surface area contributed by atoms with E-state index in [2.05, 4.69) is 34.2 Å². The molecule has 0 saturated heterocycles. The molecule has 3 aromatic heterocycles. The SMILES string of the molecule is CC(C)c1cnc2nn(-c3cc(NC(=O)c4ccc(C#N)cn4)ccc3F)cc2c1. The van der Waals surface area contributed by atoms with Crippen molar-refractivity contribution in [1.82, 2.24) is 19.7 Å². The second-order valence-corrected chi connectivity index (χ2v) is 7.07. The fraction of sp³-hybridized carbons (Fsp3) is 0.136. The number of halogens is 1. The first kappa shape index (κ1) is 19.2. The number of nitriles is 1. The molecule has 1 N–H and O–H groups in total. The van der Waals surface area contributed by atoms with E-state index >= 15 is 0 Å². The van der Waals surface area contributed by atoms with E-state index in [1.54, 1.807) is 12.4 Å². The van der Waals surface area contributed by atoms with E-state index in [0.29, 0.717) is 22.8 Å². The highest BCUT2D eigenvalue weighted by atomic mass is 19.1. The summed E-state index contributed by atoms with van der Waals surface area (Å²) >= 11 is 0. The van der Waals surface area contributed by atoms with E-state index in [-0.39, 0.29) is 11.4 Å². The van der Waals surface area contributed by atoms with Crippen LogP contribution in [0.3, 0.4) is 0 Å². The van der Waals surface area contributed by atoms with Crippen LogP contribution >= 0.6 is 0 Å². The van der Waals surface area contributed by atoms with Crippen molar-refractivity contribution in [2.45, 2.75) is 19.8 Å². The molecule has 148 valence electrons. The van der Waals surface area contributed by atoms with Gasteiger partial charge in [-0.15, -0.1) is 5.10 Å². The van der Waals surface area contributed by atoms with Crippen molar-refractivity contribution in [3.05, 3.63) is 77.6 Å². The van der Waals surface area contributed by atoms with E-state index in [1.807, 2.05) is 12.1 Å². The van der Waals surface area contributed by atoms with Gasteiger partial charge in [0.05, 0.1) is 5.56 Å². The fourth-order valence-corrected chi connectivity index (χ4v) is 2.93. The highest BCUT2D eigenvalue weighted by Gasteiger charge is 2.13. The van der Waals surface area contributed by atoms with Gasteiger partial charge in [0.15, 0.2) is 5.65 Å². The third-order valence-electron chi connectivity index (χ3n) is 4.62. The second kappa shape index (κ2) is 7.72. The van der Waals surface area contributed by atoms with Crippen LogP contribution < -0.4 is 5.32 Å². The average molecular weight is 400 g/mol. The molecule has 0 unspecified atom stereocenters. The number of rotatable bonds is 4. The Hall–Kier alpha value is -4.12. The standard InChI is InChI=1S/C22H17FN6O/c1-13(2)15-7-16-12-29(28-21(16)26-11-15)20-8-17(4-5-18(20)23)27-22(30)19-6-3-14(9-24)10-25-19/h3-8,10-13H,1-2H3,(H,27,30). The third kappa shape index (κ3) is 3.73. The maximum Gasteiger partial charge on any atom is 0.274 e. The predicted octanol–water partition coefficient (Wildman–Crippen LogP) is 4.20. The van der Waals surface area contributed by atoms with Gasteiger partial charge < -0.3 is 5.32 Å². The lowest BCUT2D eigenvalue weighted by molar-refractivity contribution is 0.102. The number of nitrogens with one attached hydrogen (secondary N) is 1. The number of carbonyl (C=O) groups is 1. The van der Waals surface area contributed by atoms with Crippen LogP contribution in [0.4, 0.5) is 10.1 Å². The van der Waals surface area contributed by atoms with Crippen molar-refractivity contribution in [3.8, 4) is 11.8 Å². The summed E-state index contributed by atoms with van der Waals surface area (Å²) in [6.07, 6.45) is 4.79. The maximum absolute atomic E-state index is 14.5. The molecule has 0 atom stereocenters. The van der Waals surface area contributed by atoms with Gasteiger partial charge in [0.25, 0.3) is 5.91 Å². The average Bonchev–Trinajstić information content (AvgIpc) is 3.18. The molecule has 30 heavy (non-hydrogen) atoms. The highest BCUT2D eigenvalue weighted by molar-refractivity contribution is 6.03. The Kier molecular flexibility index (Phi) is 4.94. The zero-order valence-electron chi connectivity index (χ0n) is 16.3. The van der Waals surface area contributed by atoms with Gasteiger partial charge in [0.1, 0.15) is 23.3 Å². The van der Waals surface area contributed by atoms with E-state index in [9.17, 15) is 9.18 Å². The fourth-order valence-electron chi connectivity index (χ4n) is 2.93. The van der Waals surface area contributed by atoms with Gasteiger partial charge in [0, 0.05) is 29.7 Å². The predicted molar refractivity (Wildman–Crippen MR) is 110 cm³/mol. The zero-order valence-corrected chi connectivity index (χ0v) is 16.3. The third-order valence-corrected chi connectivity index (χ3v) is 4.62. The van der Waals surface area contributed by atoms with Gasteiger partial charge in [-0.2, -0.15) is 5.26 Å². The number of nitrogens with zero attached hydrogens (tertiary/aromatic N) is 5. The molecule has 0 saturated carbocycles. The number of pyridine rings is 2. The van der Waals surface area contributed by atoms with Crippen molar-refractivity contribution in [2.75, 3.05) is 5.32 Å². The summed E-state index contributed by atoms with van der Waals surface area (Å²) in [5.41, 5.74) is 2.65. The van der Waals surface area contributed by atoms with Crippen LogP contribution in [0.1, 0.15) is 41.4 Å². The van der Waals surface area contributed by atoms with Crippen molar-refractivity contribution >= 4 is 22.6 Å². The Balaban J connectivity index is 1.64. The Morgan fingerprint density at radius 3 is 2.70 bits per heavy atom. The van der Waals surface area contributed by atoms with E-state index in [0.717, 1.165) is 10.9 Å². The molecule has 1 aromatic carbocycles. The number of carbonyl (C=O) groups excluding carboxylic acids is 1. The lowest BCUT2D eigenvalue weighted by Gasteiger charge is -2.08. The Bertz CT molecular complexity index is 1290. The van der Waals surface area contributed by atoms with Crippen LogP contribution in [-0.2, 0) is 0 Å². The summed E-state index contributed by atoms with van der Waals surface area (Å²) < 4.78 is 15.9. The van der Waals surface area contributed by atoms with Gasteiger partial charge in [-0.1, -0.05) is 13.8 Å². The first-order valence-electron chi connectivity index (χ1n) is 9.27. The smallest absolute Gasteiger partial charge is 0.274 e. The highest BCUT2D eigenvalue weighted by Crippen LogP contribution is 2.23. The molecule has 4 aromatic rings. The van der Waals surface area contributed by atoms with Crippen LogP contribution in [0.5, 0.6) is 0 Å². The first-order valence-corrected chi connectivity index (χ1v) is 9.27.